The second kappa shape index (κ2) is 11.1. The van der Waals surface area contributed by atoms with Crippen molar-refractivity contribution in [2.24, 2.45) is 0 Å². The Balaban J connectivity index is 1.64. The number of halogens is 3. The minimum Gasteiger partial charge on any atom is -0.406 e. The number of alkyl halides is 3. The van der Waals surface area contributed by atoms with Gasteiger partial charge in [0.15, 0.2) is 0 Å². The summed E-state index contributed by atoms with van der Waals surface area (Å²) in [5.41, 5.74) is 2.11. The highest BCUT2D eigenvalue weighted by Gasteiger charge is 2.31. The van der Waals surface area contributed by atoms with Gasteiger partial charge in [0, 0.05) is 23.5 Å². The molecule has 180 valence electrons. The molecule has 0 spiro atoms. The Labute approximate surface area is 194 Å². The lowest BCUT2D eigenvalue weighted by atomic mass is 9.97. The first-order valence-electron chi connectivity index (χ1n) is 10.7. The van der Waals surface area contributed by atoms with Gasteiger partial charge in [0.2, 0.25) is 5.91 Å². The van der Waals surface area contributed by atoms with Crippen molar-refractivity contribution >= 4 is 23.4 Å². The summed E-state index contributed by atoms with van der Waals surface area (Å²) < 4.78 is 42.3. The SMILES string of the molecule is CN(C)CCCn1c2c(c(SCC(=O)Nc3ccc(OC(F)(F)F)cc3)nc1=O)CCCC2. The van der Waals surface area contributed by atoms with Crippen LogP contribution in [0.2, 0.25) is 0 Å². The summed E-state index contributed by atoms with van der Waals surface area (Å²) in [4.78, 5) is 31.4. The van der Waals surface area contributed by atoms with Gasteiger partial charge in [-0.15, -0.1) is 13.2 Å². The van der Waals surface area contributed by atoms with Gasteiger partial charge >= 0.3 is 12.1 Å². The molecule has 0 atom stereocenters. The summed E-state index contributed by atoms with van der Waals surface area (Å²) >= 11 is 1.21. The third-order valence-electron chi connectivity index (χ3n) is 5.15. The van der Waals surface area contributed by atoms with E-state index in [1.807, 2.05) is 14.1 Å². The molecule has 1 heterocycles. The second-order valence-corrected chi connectivity index (χ2v) is 9.01. The van der Waals surface area contributed by atoms with Crippen LogP contribution in [-0.4, -0.2) is 53.1 Å². The fourth-order valence-corrected chi connectivity index (χ4v) is 4.59. The topological polar surface area (TPSA) is 76.5 Å². The Kier molecular flexibility index (Phi) is 8.41. The molecule has 1 amide bonds. The number of carbonyl (C=O) groups excluding carboxylic acids is 1. The molecule has 0 aliphatic heterocycles. The van der Waals surface area contributed by atoms with Crippen molar-refractivity contribution in [2.75, 3.05) is 31.7 Å². The molecule has 0 saturated heterocycles. The molecular weight excluding hydrogens is 457 g/mol. The number of amides is 1. The number of carbonyl (C=O) groups is 1. The van der Waals surface area contributed by atoms with Crippen LogP contribution in [0.3, 0.4) is 0 Å². The van der Waals surface area contributed by atoms with E-state index in [0.29, 0.717) is 17.3 Å². The van der Waals surface area contributed by atoms with E-state index >= 15 is 0 Å². The number of rotatable bonds is 9. The number of anilines is 1. The Morgan fingerprint density at radius 1 is 1.21 bits per heavy atom. The molecule has 7 nitrogen and oxygen atoms in total. The second-order valence-electron chi connectivity index (χ2n) is 8.05. The largest absolute Gasteiger partial charge is 0.573 e. The molecule has 0 fully saturated rings. The normalized spacial score (nSPS) is 13.6. The van der Waals surface area contributed by atoms with Crippen LogP contribution in [0.1, 0.15) is 30.5 Å². The third kappa shape index (κ3) is 7.50. The molecule has 3 rings (SSSR count). The van der Waals surface area contributed by atoms with Crippen molar-refractivity contribution in [3.63, 3.8) is 0 Å². The van der Waals surface area contributed by atoms with Gasteiger partial charge in [-0.1, -0.05) is 11.8 Å². The lowest BCUT2D eigenvalue weighted by Crippen LogP contribution is -2.31. The zero-order chi connectivity index (χ0) is 24.0. The predicted molar refractivity (Wildman–Crippen MR) is 121 cm³/mol. The first-order valence-corrected chi connectivity index (χ1v) is 11.7. The molecule has 33 heavy (non-hydrogen) atoms. The van der Waals surface area contributed by atoms with E-state index in [1.54, 1.807) is 4.57 Å². The molecule has 1 aromatic carbocycles. The zero-order valence-corrected chi connectivity index (χ0v) is 19.4. The number of hydrogen-bond donors (Lipinski definition) is 1. The average molecular weight is 485 g/mol. The lowest BCUT2D eigenvalue weighted by Gasteiger charge is -2.23. The van der Waals surface area contributed by atoms with Gasteiger partial charge in [0.25, 0.3) is 0 Å². The molecular formula is C22H27F3N4O3S. The van der Waals surface area contributed by atoms with Gasteiger partial charge in [-0.2, -0.15) is 4.98 Å². The summed E-state index contributed by atoms with van der Waals surface area (Å²) in [6, 6.07) is 4.92. The number of thioether (sulfide) groups is 1. The van der Waals surface area contributed by atoms with Gasteiger partial charge in [-0.05, 0) is 77.0 Å². The smallest absolute Gasteiger partial charge is 0.406 e. The predicted octanol–water partition coefficient (Wildman–Crippen LogP) is 3.70. The van der Waals surface area contributed by atoms with Crippen molar-refractivity contribution in [3.05, 3.63) is 46.0 Å². The standard InChI is InChI=1S/C22H27F3N4O3S/c1-28(2)12-5-13-29-18-7-4-3-6-17(18)20(27-21(29)31)33-14-19(30)26-15-8-10-16(11-9-15)32-22(23,24)25/h8-11H,3-7,12-14H2,1-2H3,(H,26,30). The van der Waals surface area contributed by atoms with E-state index < -0.39 is 6.36 Å². The summed E-state index contributed by atoms with van der Waals surface area (Å²) in [6.45, 7) is 1.49. The maximum Gasteiger partial charge on any atom is 0.573 e. The van der Waals surface area contributed by atoms with Crippen LogP contribution < -0.4 is 15.7 Å². The first-order chi connectivity index (χ1) is 15.6. The van der Waals surface area contributed by atoms with Gasteiger partial charge in [0.1, 0.15) is 10.8 Å². The molecule has 0 unspecified atom stereocenters. The highest BCUT2D eigenvalue weighted by molar-refractivity contribution is 8.00. The van der Waals surface area contributed by atoms with Crippen molar-refractivity contribution in [1.29, 1.82) is 0 Å². The van der Waals surface area contributed by atoms with Crippen LogP contribution in [0.15, 0.2) is 34.1 Å². The Morgan fingerprint density at radius 2 is 1.91 bits per heavy atom. The highest BCUT2D eigenvalue weighted by atomic mass is 32.2. The molecule has 1 aromatic heterocycles. The molecule has 11 heteroatoms. The number of hydrogen-bond acceptors (Lipinski definition) is 6. The van der Waals surface area contributed by atoms with Crippen molar-refractivity contribution < 1.29 is 22.7 Å². The summed E-state index contributed by atoms with van der Waals surface area (Å²) in [5, 5.41) is 3.22. The van der Waals surface area contributed by atoms with E-state index in [4.69, 9.17) is 0 Å². The van der Waals surface area contributed by atoms with Gasteiger partial charge in [0.05, 0.1) is 5.75 Å². The molecule has 0 saturated carbocycles. The quantitative estimate of drug-likeness (QED) is 0.432. The molecule has 0 radical (unpaired) electrons. The third-order valence-corrected chi connectivity index (χ3v) is 6.17. The highest BCUT2D eigenvalue weighted by Crippen LogP contribution is 2.29. The molecule has 1 aliphatic carbocycles. The Bertz CT molecular complexity index is 1020. The van der Waals surface area contributed by atoms with E-state index in [2.05, 4.69) is 19.9 Å². The summed E-state index contributed by atoms with van der Waals surface area (Å²) in [6.07, 6.45) is -0.252. The number of nitrogens with zero attached hydrogens (tertiary/aromatic N) is 3. The van der Waals surface area contributed by atoms with Crippen molar-refractivity contribution in [2.45, 2.75) is 50.0 Å². The Morgan fingerprint density at radius 3 is 2.58 bits per heavy atom. The van der Waals surface area contributed by atoms with Crippen LogP contribution in [-0.2, 0) is 24.2 Å². The fourth-order valence-electron chi connectivity index (χ4n) is 3.71. The zero-order valence-electron chi connectivity index (χ0n) is 18.6. The molecule has 1 N–H and O–H groups in total. The molecule has 2 aromatic rings. The number of nitrogens with one attached hydrogen (secondary N) is 1. The molecule has 0 bridgehead atoms. The fraction of sp³-hybridized carbons (Fsp3) is 0.500. The number of ether oxygens (including phenoxy) is 1. The number of fused-ring (bicyclic) bond motifs is 1. The van der Waals surface area contributed by atoms with E-state index in [0.717, 1.165) is 62.0 Å². The summed E-state index contributed by atoms with van der Waals surface area (Å²) in [7, 11) is 3.98. The van der Waals surface area contributed by atoms with Crippen LogP contribution in [0.25, 0.3) is 0 Å². The lowest BCUT2D eigenvalue weighted by molar-refractivity contribution is -0.274. The number of aromatic nitrogens is 2. The van der Waals surface area contributed by atoms with Crippen molar-refractivity contribution in [3.8, 4) is 5.75 Å². The minimum atomic E-state index is -4.77. The van der Waals surface area contributed by atoms with Crippen LogP contribution in [0.4, 0.5) is 18.9 Å². The van der Waals surface area contributed by atoms with Crippen LogP contribution in [0.5, 0.6) is 5.75 Å². The van der Waals surface area contributed by atoms with Crippen LogP contribution in [0, 0.1) is 0 Å². The van der Waals surface area contributed by atoms with Crippen LogP contribution >= 0.6 is 11.8 Å². The maximum absolute atomic E-state index is 12.7. The maximum atomic E-state index is 12.7. The number of benzene rings is 1. The first kappa shape index (κ1) is 25.1. The van der Waals surface area contributed by atoms with E-state index in [9.17, 15) is 22.8 Å². The van der Waals surface area contributed by atoms with Gasteiger partial charge in [-0.3, -0.25) is 9.36 Å². The monoisotopic (exact) mass is 484 g/mol. The van der Waals surface area contributed by atoms with E-state index in [-0.39, 0.29) is 23.1 Å². The van der Waals surface area contributed by atoms with Crippen molar-refractivity contribution in [1.82, 2.24) is 14.5 Å². The van der Waals surface area contributed by atoms with Gasteiger partial charge in [-0.25, -0.2) is 4.79 Å². The molecule has 1 aliphatic rings. The average Bonchev–Trinajstić information content (AvgIpc) is 2.74. The Hall–Kier alpha value is -2.53. The minimum absolute atomic E-state index is 0.0321. The van der Waals surface area contributed by atoms with E-state index in [1.165, 1.54) is 23.9 Å². The summed E-state index contributed by atoms with van der Waals surface area (Å²) in [5.74, 6) is -0.674. The van der Waals surface area contributed by atoms with Gasteiger partial charge < -0.3 is 15.0 Å².